The molecule has 5 aliphatic rings. The molecule has 0 aromatic rings. The Morgan fingerprint density at radius 3 is 2.71 bits per heavy atom. The topological polar surface area (TPSA) is 105 Å². The van der Waals surface area contributed by atoms with Crippen molar-refractivity contribution < 1.29 is 34.3 Å². The minimum Gasteiger partial charge on any atom is -0.489 e. The predicted octanol–water partition coefficient (Wildman–Crippen LogP) is 3.76. The molecule has 2 fully saturated rings. The number of hydrogen-bond acceptors (Lipinski definition) is 7. The molecule has 12 atom stereocenters. The maximum atomic E-state index is 13.1. The summed E-state index contributed by atoms with van der Waals surface area (Å²) in [6.45, 7) is 11.9. The standard InChI is InChI=1S/C31H42O7/c1-6-21-26(34)25-22-13-12-20-15-24(33)18(5)36-27(23(32)7-2)16(3)14-17(4)31(20,25)38-29(22)28(21)37-30(35)19-10-8-9-11-19/h8-10,12-14,16,20-29,32-34H,5-7,11,15H2,1-4H3/b17-14+/t16-,20-,21-,22?,23?,24-,25?,26?,27?,28-,29-,31+/m1/s1. The van der Waals surface area contributed by atoms with Crippen molar-refractivity contribution in [2.24, 2.45) is 29.6 Å². The Balaban J connectivity index is 1.57. The second-order valence-corrected chi connectivity index (χ2v) is 11.7. The molecule has 0 aromatic carbocycles. The van der Waals surface area contributed by atoms with Gasteiger partial charge in [0.15, 0.2) is 0 Å². The van der Waals surface area contributed by atoms with E-state index < -0.39 is 42.2 Å². The van der Waals surface area contributed by atoms with Gasteiger partial charge in [0.05, 0.1) is 12.2 Å². The van der Waals surface area contributed by atoms with Crippen LogP contribution in [0.5, 0.6) is 0 Å². The summed E-state index contributed by atoms with van der Waals surface area (Å²) in [4.78, 5) is 13.1. The van der Waals surface area contributed by atoms with Crippen LogP contribution in [-0.4, -0.2) is 63.5 Å². The van der Waals surface area contributed by atoms with Gasteiger partial charge in [0.25, 0.3) is 0 Å². The van der Waals surface area contributed by atoms with Crippen molar-refractivity contribution in [3.63, 3.8) is 0 Å². The summed E-state index contributed by atoms with van der Waals surface area (Å²) in [5.74, 6) is -1.24. The molecule has 208 valence electrons. The van der Waals surface area contributed by atoms with Crippen molar-refractivity contribution in [2.45, 2.75) is 95.6 Å². The van der Waals surface area contributed by atoms with E-state index >= 15 is 0 Å². The fourth-order valence-electron chi connectivity index (χ4n) is 7.65. The average Bonchev–Trinajstić information content (AvgIpc) is 3.49. The summed E-state index contributed by atoms with van der Waals surface area (Å²) in [7, 11) is 0. The number of aliphatic hydroxyl groups excluding tert-OH is 3. The van der Waals surface area contributed by atoms with Crippen molar-refractivity contribution in [3.8, 4) is 0 Å². The van der Waals surface area contributed by atoms with E-state index in [9.17, 15) is 20.1 Å². The predicted molar refractivity (Wildman–Crippen MR) is 143 cm³/mol. The molecule has 3 aliphatic carbocycles. The monoisotopic (exact) mass is 526 g/mol. The van der Waals surface area contributed by atoms with Crippen LogP contribution in [0.2, 0.25) is 0 Å². The van der Waals surface area contributed by atoms with Gasteiger partial charge in [0.2, 0.25) is 0 Å². The van der Waals surface area contributed by atoms with Crippen molar-refractivity contribution in [3.05, 3.63) is 59.9 Å². The Labute approximate surface area is 225 Å². The number of ether oxygens (including phenoxy) is 3. The molecule has 7 heteroatoms. The van der Waals surface area contributed by atoms with E-state index in [1.54, 1.807) is 6.08 Å². The highest BCUT2D eigenvalue weighted by Gasteiger charge is 2.69. The number of esters is 1. The normalized spacial score (nSPS) is 45.9. The van der Waals surface area contributed by atoms with E-state index in [-0.39, 0.29) is 41.3 Å². The largest absolute Gasteiger partial charge is 0.489 e. The van der Waals surface area contributed by atoms with Crippen LogP contribution in [0.25, 0.3) is 0 Å². The van der Waals surface area contributed by atoms with Crippen molar-refractivity contribution >= 4 is 5.97 Å². The quantitative estimate of drug-likeness (QED) is 0.370. The zero-order chi connectivity index (χ0) is 27.4. The molecule has 2 heterocycles. The van der Waals surface area contributed by atoms with Crippen molar-refractivity contribution in [1.29, 1.82) is 0 Å². The van der Waals surface area contributed by atoms with Crippen LogP contribution in [0.3, 0.4) is 0 Å². The molecule has 5 rings (SSSR count). The molecule has 1 spiro atoms. The summed E-state index contributed by atoms with van der Waals surface area (Å²) < 4.78 is 19.2. The number of rotatable bonds is 5. The van der Waals surface area contributed by atoms with E-state index in [1.807, 2.05) is 39.8 Å². The van der Waals surface area contributed by atoms with Gasteiger partial charge in [-0.2, -0.15) is 0 Å². The van der Waals surface area contributed by atoms with E-state index in [0.29, 0.717) is 31.3 Å². The van der Waals surface area contributed by atoms with Crippen LogP contribution in [0.1, 0.15) is 53.4 Å². The van der Waals surface area contributed by atoms with E-state index in [2.05, 4.69) is 24.8 Å². The fraction of sp³-hybridized carbons (Fsp3) is 0.645. The Morgan fingerprint density at radius 2 is 2.05 bits per heavy atom. The van der Waals surface area contributed by atoms with E-state index in [0.717, 1.165) is 5.57 Å². The van der Waals surface area contributed by atoms with Crippen molar-refractivity contribution in [2.75, 3.05) is 0 Å². The van der Waals surface area contributed by atoms with Crippen LogP contribution >= 0.6 is 0 Å². The van der Waals surface area contributed by atoms with Gasteiger partial charge < -0.3 is 29.5 Å². The van der Waals surface area contributed by atoms with Gasteiger partial charge in [-0.25, -0.2) is 4.79 Å². The van der Waals surface area contributed by atoms with Crippen LogP contribution < -0.4 is 0 Å². The summed E-state index contributed by atoms with van der Waals surface area (Å²) >= 11 is 0. The van der Waals surface area contributed by atoms with Crippen LogP contribution in [0.15, 0.2) is 59.9 Å². The second kappa shape index (κ2) is 10.4. The van der Waals surface area contributed by atoms with Gasteiger partial charge in [0.1, 0.15) is 35.8 Å². The number of hydrogen-bond donors (Lipinski definition) is 3. The van der Waals surface area contributed by atoms with Gasteiger partial charge in [-0.1, -0.05) is 63.8 Å². The van der Waals surface area contributed by atoms with Crippen LogP contribution in [0.4, 0.5) is 0 Å². The van der Waals surface area contributed by atoms with Gasteiger partial charge in [-0.15, -0.1) is 0 Å². The first-order valence-electron chi connectivity index (χ1n) is 14.1. The molecule has 1 saturated carbocycles. The average molecular weight is 527 g/mol. The molecule has 4 bridgehead atoms. The minimum absolute atomic E-state index is 0.132. The lowest BCUT2D eigenvalue weighted by Crippen LogP contribution is -2.57. The van der Waals surface area contributed by atoms with Gasteiger partial charge in [-0.3, -0.25) is 0 Å². The maximum absolute atomic E-state index is 13.1. The highest BCUT2D eigenvalue weighted by atomic mass is 16.6. The Kier molecular flexibility index (Phi) is 7.50. The number of carbonyl (C=O) groups excluding carboxylic acids is 1. The number of carbonyl (C=O) groups is 1. The molecule has 5 unspecified atom stereocenters. The second-order valence-electron chi connectivity index (χ2n) is 11.7. The summed E-state index contributed by atoms with van der Waals surface area (Å²) in [6, 6.07) is 0. The highest BCUT2D eigenvalue weighted by molar-refractivity contribution is 5.90. The molecule has 7 nitrogen and oxygen atoms in total. The molecule has 0 radical (unpaired) electrons. The molecule has 2 aliphatic heterocycles. The summed E-state index contributed by atoms with van der Waals surface area (Å²) in [5, 5.41) is 33.8. The molecule has 38 heavy (non-hydrogen) atoms. The molecule has 3 N–H and O–H groups in total. The lowest BCUT2D eigenvalue weighted by Gasteiger charge is -2.49. The van der Waals surface area contributed by atoms with Gasteiger partial charge in [-0.05, 0) is 38.2 Å². The lowest BCUT2D eigenvalue weighted by atomic mass is 9.57. The zero-order valence-corrected chi connectivity index (χ0v) is 22.8. The van der Waals surface area contributed by atoms with Crippen LogP contribution in [0, 0.1) is 29.6 Å². The molecular weight excluding hydrogens is 484 g/mol. The Hall–Kier alpha value is -2.19. The number of allylic oxidation sites excluding steroid dienone is 3. The van der Waals surface area contributed by atoms with Gasteiger partial charge in [0, 0.05) is 35.2 Å². The minimum atomic E-state index is -0.971. The molecular formula is C31H42O7. The smallest absolute Gasteiger partial charge is 0.334 e. The summed E-state index contributed by atoms with van der Waals surface area (Å²) in [5.41, 5.74) is 0.660. The molecule has 0 amide bonds. The van der Waals surface area contributed by atoms with Gasteiger partial charge >= 0.3 is 5.97 Å². The highest BCUT2D eigenvalue weighted by Crippen LogP contribution is 2.61. The SMILES string of the molecule is C=C1OC(C(O)CC)[C@H](C)/C=C(\C)[C@]23O[C@@H]4C(C=C[C@@H]2C[C@H]1O)C3C(O)[C@@H](CC)[C@H]4OC(=O)C1=CC=CC1. The Morgan fingerprint density at radius 1 is 1.29 bits per heavy atom. The van der Waals surface area contributed by atoms with Crippen molar-refractivity contribution in [1.82, 2.24) is 0 Å². The molecule has 0 aromatic heterocycles. The third-order valence-electron chi connectivity index (χ3n) is 9.62. The lowest BCUT2D eigenvalue weighted by molar-refractivity contribution is -0.166. The van der Waals surface area contributed by atoms with E-state index in [4.69, 9.17) is 14.2 Å². The molecule has 1 saturated heterocycles. The van der Waals surface area contributed by atoms with E-state index in [1.165, 1.54) is 0 Å². The first-order chi connectivity index (χ1) is 18.1. The maximum Gasteiger partial charge on any atom is 0.334 e. The fourth-order valence-corrected chi connectivity index (χ4v) is 7.65. The number of aliphatic hydroxyl groups is 3. The zero-order valence-electron chi connectivity index (χ0n) is 22.8. The Bertz CT molecular complexity index is 1070. The third kappa shape index (κ3) is 4.23. The summed E-state index contributed by atoms with van der Waals surface area (Å²) in [6.07, 6.45) is 9.75. The third-order valence-corrected chi connectivity index (χ3v) is 9.62. The first-order valence-corrected chi connectivity index (χ1v) is 14.1. The van der Waals surface area contributed by atoms with Crippen LogP contribution in [-0.2, 0) is 19.0 Å². The first kappa shape index (κ1) is 27.4.